The minimum Gasteiger partial charge on any atom is -0.366 e. The van der Waals surface area contributed by atoms with E-state index in [9.17, 15) is 0 Å². The van der Waals surface area contributed by atoms with Crippen molar-refractivity contribution in [3.63, 3.8) is 0 Å². The Morgan fingerprint density at radius 1 is 1.59 bits per heavy atom. The molecule has 94 valence electrons. The lowest BCUT2D eigenvalue weighted by Crippen LogP contribution is -2.40. The van der Waals surface area contributed by atoms with Crippen LogP contribution in [-0.4, -0.2) is 29.1 Å². The van der Waals surface area contributed by atoms with Crippen LogP contribution in [0.4, 0.5) is 5.69 Å². The number of rotatable bonds is 3. The van der Waals surface area contributed by atoms with Gasteiger partial charge in [-0.15, -0.1) is 0 Å². The molecule has 0 aromatic carbocycles. The molecule has 0 bridgehead atoms. The summed E-state index contributed by atoms with van der Waals surface area (Å²) in [5, 5.41) is 0. The molecule has 0 amide bonds. The summed E-state index contributed by atoms with van der Waals surface area (Å²) in [5.74, 6) is 2.41. The average molecular weight is 251 g/mol. The zero-order valence-electron chi connectivity index (χ0n) is 10.6. The molecule has 2 atom stereocenters. The highest BCUT2D eigenvalue weighted by Gasteiger charge is 2.19. The maximum Gasteiger partial charge on any atom is 0.0572 e. The maximum atomic E-state index is 5.97. The van der Waals surface area contributed by atoms with Gasteiger partial charge in [-0.25, -0.2) is 0 Å². The fraction of sp³-hybridized carbons (Fsp3) is 0.615. The lowest BCUT2D eigenvalue weighted by molar-refractivity contribution is 0.669. The van der Waals surface area contributed by atoms with E-state index in [-0.39, 0.29) is 6.04 Å². The Hall–Kier alpha value is -0.740. The summed E-state index contributed by atoms with van der Waals surface area (Å²) in [6, 6.07) is 4.89. The number of hydrogen-bond donors (Lipinski definition) is 1. The second-order valence-corrected chi connectivity index (χ2v) is 5.72. The van der Waals surface area contributed by atoms with E-state index < -0.39 is 0 Å². The molecule has 3 nitrogen and oxygen atoms in total. The molecule has 0 aliphatic carbocycles. The van der Waals surface area contributed by atoms with Crippen LogP contribution in [0.15, 0.2) is 18.3 Å². The van der Waals surface area contributed by atoms with Crippen molar-refractivity contribution >= 4 is 17.4 Å². The molecule has 1 aliphatic rings. The quantitative estimate of drug-likeness (QED) is 0.896. The van der Waals surface area contributed by atoms with Crippen molar-refractivity contribution < 1.29 is 0 Å². The standard InChI is InChI=1S/C13H21N3S/c1-3-12(14)13-5-4-11(8-15-13)16-6-7-17-9-10(16)2/h4-5,8,10,12H,3,6-7,9,14H2,1-2H3/t10?,12-/m1/s1. The molecular weight excluding hydrogens is 230 g/mol. The van der Waals surface area contributed by atoms with Crippen LogP contribution < -0.4 is 10.6 Å². The second kappa shape index (κ2) is 5.74. The van der Waals surface area contributed by atoms with Crippen LogP contribution in [-0.2, 0) is 0 Å². The SMILES string of the molecule is CC[C@@H](N)c1ccc(N2CCSCC2C)cn1. The molecule has 1 aromatic heterocycles. The molecule has 1 aliphatic heterocycles. The Morgan fingerprint density at radius 2 is 2.41 bits per heavy atom. The number of aromatic nitrogens is 1. The fourth-order valence-corrected chi connectivity index (χ4v) is 3.12. The third-order valence-corrected chi connectivity index (χ3v) is 4.48. The summed E-state index contributed by atoms with van der Waals surface area (Å²) in [7, 11) is 0. The van der Waals surface area contributed by atoms with Gasteiger partial charge >= 0.3 is 0 Å². The lowest BCUT2D eigenvalue weighted by Gasteiger charge is -2.34. The van der Waals surface area contributed by atoms with Crippen molar-refractivity contribution in [3.05, 3.63) is 24.0 Å². The number of hydrogen-bond acceptors (Lipinski definition) is 4. The number of nitrogens with zero attached hydrogens (tertiary/aromatic N) is 2. The Bertz CT molecular complexity index is 352. The topological polar surface area (TPSA) is 42.1 Å². The summed E-state index contributed by atoms with van der Waals surface area (Å²) in [6.45, 7) is 5.48. The predicted molar refractivity (Wildman–Crippen MR) is 75.6 cm³/mol. The van der Waals surface area contributed by atoms with Gasteiger partial charge in [-0.2, -0.15) is 11.8 Å². The smallest absolute Gasteiger partial charge is 0.0572 e. The fourth-order valence-electron chi connectivity index (χ4n) is 2.11. The van der Waals surface area contributed by atoms with Gasteiger partial charge in [0.2, 0.25) is 0 Å². The molecule has 0 radical (unpaired) electrons. The minimum atomic E-state index is 0.0679. The van der Waals surface area contributed by atoms with Gasteiger partial charge in [-0.05, 0) is 25.5 Å². The Morgan fingerprint density at radius 3 is 3.00 bits per heavy atom. The van der Waals surface area contributed by atoms with E-state index >= 15 is 0 Å². The first-order chi connectivity index (χ1) is 8.22. The van der Waals surface area contributed by atoms with Crippen molar-refractivity contribution in [2.75, 3.05) is 23.0 Å². The zero-order valence-corrected chi connectivity index (χ0v) is 11.4. The number of anilines is 1. The maximum absolute atomic E-state index is 5.97. The largest absolute Gasteiger partial charge is 0.366 e. The molecule has 4 heteroatoms. The van der Waals surface area contributed by atoms with Gasteiger partial charge in [0.15, 0.2) is 0 Å². The Labute approximate surface area is 108 Å². The molecule has 1 aromatic rings. The van der Waals surface area contributed by atoms with Crippen molar-refractivity contribution in [2.45, 2.75) is 32.4 Å². The highest BCUT2D eigenvalue weighted by Crippen LogP contribution is 2.24. The van der Waals surface area contributed by atoms with Crippen LogP contribution in [0, 0.1) is 0 Å². The van der Waals surface area contributed by atoms with E-state index in [4.69, 9.17) is 5.73 Å². The van der Waals surface area contributed by atoms with Gasteiger partial charge in [0, 0.05) is 30.1 Å². The highest BCUT2D eigenvalue weighted by atomic mass is 32.2. The molecule has 2 rings (SSSR count). The first-order valence-corrected chi connectivity index (χ1v) is 7.43. The van der Waals surface area contributed by atoms with Crippen LogP contribution in [0.1, 0.15) is 32.0 Å². The lowest BCUT2D eigenvalue weighted by atomic mass is 10.1. The summed E-state index contributed by atoms with van der Waals surface area (Å²) in [4.78, 5) is 6.92. The minimum absolute atomic E-state index is 0.0679. The molecule has 1 saturated heterocycles. The number of thioether (sulfide) groups is 1. The molecule has 2 N–H and O–H groups in total. The van der Waals surface area contributed by atoms with Crippen molar-refractivity contribution in [2.24, 2.45) is 5.73 Å². The van der Waals surface area contributed by atoms with Crippen LogP contribution in [0.25, 0.3) is 0 Å². The van der Waals surface area contributed by atoms with Crippen LogP contribution >= 0.6 is 11.8 Å². The predicted octanol–water partition coefficient (Wildman–Crippen LogP) is 2.43. The van der Waals surface area contributed by atoms with Gasteiger partial charge in [-0.3, -0.25) is 4.98 Å². The van der Waals surface area contributed by atoms with Crippen LogP contribution in [0.3, 0.4) is 0 Å². The summed E-state index contributed by atoms with van der Waals surface area (Å²) in [5.41, 5.74) is 8.19. The van der Waals surface area contributed by atoms with E-state index in [1.54, 1.807) is 0 Å². The van der Waals surface area contributed by atoms with Crippen LogP contribution in [0.2, 0.25) is 0 Å². The zero-order chi connectivity index (χ0) is 12.3. The Balaban J connectivity index is 2.11. The number of nitrogens with two attached hydrogens (primary N) is 1. The molecular formula is C13H21N3S. The third kappa shape index (κ3) is 2.93. The van der Waals surface area contributed by atoms with Crippen LogP contribution in [0.5, 0.6) is 0 Å². The molecule has 17 heavy (non-hydrogen) atoms. The summed E-state index contributed by atoms with van der Waals surface area (Å²) < 4.78 is 0. The van der Waals surface area contributed by atoms with Gasteiger partial charge in [0.25, 0.3) is 0 Å². The van der Waals surface area contributed by atoms with Gasteiger partial charge in [-0.1, -0.05) is 6.92 Å². The van der Waals surface area contributed by atoms with E-state index in [0.717, 1.165) is 18.7 Å². The first kappa shape index (κ1) is 12.7. The van der Waals surface area contributed by atoms with E-state index in [2.05, 4.69) is 35.9 Å². The summed E-state index contributed by atoms with van der Waals surface area (Å²) in [6.07, 6.45) is 2.90. The normalized spacial score (nSPS) is 22.5. The molecule has 1 fully saturated rings. The summed E-state index contributed by atoms with van der Waals surface area (Å²) >= 11 is 2.03. The first-order valence-electron chi connectivity index (χ1n) is 6.28. The van der Waals surface area contributed by atoms with Gasteiger partial charge in [0.05, 0.1) is 17.6 Å². The third-order valence-electron chi connectivity index (χ3n) is 3.29. The average Bonchev–Trinajstić information content (AvgIpc) is 2.39. The van der Waals surface area contributed by atoms with Gasteiger partial charge < -0.3 is 10.6 Å². The molecule has 0 saturated carbocycles. The molecule has 1 unspecified atom stereocenters. The van der Waals surface area contributed by atoms with Crippen molar-refractivity contribution in [3.8, 4) is 0 Å². The van der Waals surface area contributed by atoms with Gasteiger partial charge in [0.1, 0.15) is 0 Å². The van der Waals surface area contributed by atoms with E-state index in [1.165, 1.54) is 17.2 Å². The van der Waals surface area contributed by atoms with Crippen molar-refractivity contribution in [1.29, 1.82) is 0 Å². The Kier molecular flexibility index (Phi) is 4.29. The van der Waals surface area contributed by atoms with E-state index in [1.807, 2.05) is 18.0 Å². The van der Waals surface area contributed by atoms with Crippen molar-refractivity contribution in [1.82, 2.24) is 4.98 Å². The monoisotopic (exact) mass is 251 g/mol. The molecule has 2 heterocycles. The second-order valence-electron chi connectivity index (χ2n) is 4.57. The number of pyridine rings is 1. The highest BCUT2D eigenvalue weighted by molar-refractivity contribution is 7.99. The molecule has 0 spiro atoms. The van der Waals surface area contributed by atoms with E-state index in [0.29, 0.717) is 6.04 Å².